The molecule has 1 saturated heterocycles. The van der Waals surface area contributed by atoms with Crippen molar-refractivity contribution < 1.29 is 34.1 Å². The number of nitrogens with one attached hydrogen (secondary N) is 1. The Morgan fingerprint density at radius 3 is 2.32 bits per heavy atom. The van der Waals surface area contributed by atoms with E-state index in [1.165, 1.54) is 0 Å². The van der Waals surface area contributed by atoms with Crippen molar-refractivity contribution in [2.45, 2.75) is 31.9 Å². The van der Waals surface area contributed by atoms with Crippen molar-refractivity contribution in [3.05, 3.63) is 35.9 Å². The average Bonchev–Trinajstić information content (AvgIpc) is 3.14. The van der Waals surface area contributed by atoms with Crippen LogP contribution in [0.2, 0.25) is 0 Å². The zero-order chi connectivity index (χ0) is 18.5. The standard InChI is InChI=1S/C15H21NO3.C2H2O4/c17-15(14-8-4-9-16-14)19-11-5-10-18-12-13-6-2-1-3-7-13;3-1(4)2(5)6/h1-3,6-7,14,16H,4-5,8-12H2;(H,3,4)(H,5,6)/t14-;/m0./s1. The quantitative estimate of drug-likeness (QED) is 0.378. The molecule has 8 nitrogen and oxygen atoms in total. The minimum Gasteiger partial charge on any atom is -0.473 e. The van der Waals surface area contributed by atoms with Crippen LogP contribution in [0, 0.1) is 0 Å². The summed E-state index contributed by atoms with van der Waals surface area (Å²) in [5.41, 5.74) is 1.16. The molecule has 0 unspecified atom stereocenters. The highest BCUT2D eigenvalue weighted by Crippen LogP contribution is 2.06. The van der Waals surface area contributed by atoms with Gasteiger partial charge in [0.1, 0.15) is 6.04 Å². The number of rotatable bonds is 7. The second-order valence-electron chi connectivity index (χ2n) is 5.32. The highest BCUT2D eigenvalue weighted by molar-refractivity contribution is 6.27. The highest BCUT2D eigenvalue weighted by atomic mass is 16.5. The lowest BCUT2D eigenvalue weighted by Gasteiger charge is -2.10. The Bertz CT molecular complexity index is 529. The fourth-order valence-electron chi connectivity index (χ4n) is 2.08. The van der Waals surface area contributed by atoms with Gasteiger partial charge in [-0.25, -0.2) is 9.59 Å². The third kappa shape index (κ3) is 9.43. The molecule has 1 heterocycles. The zero-order valence-corrected chi connectivity index (χ0v) is 13.8. The third-order valence-corrected chi connectivity index (χ3v) is 3.32. The van der Waals surface area contributed by atoms with Crippen molar-refractivity contribution in [2.24, 2.45) is 0 Å². The van der Waals surface area contributed by atoms with Crippen LogP contribution in [0.4, 0.5) is 0 Å². The van der Waals surface area contributed by atoms with Crippen LogP contribution >= 0.6 is 0 Å². The summed E-state index contributed by atoms with van der Waals surface area (Å²) in [4.78, 5) is 29.8. The number of esters is 1. The van der Waals surface area contributed by atoms with Crippen LogP contribution in [0.3, 0.4) is 0 Å². The Morgan fingerprint density at radius 1 is 1.08 bits per heavy atom. The summed E-state index contributed by atoms with van der Waals surface area (Å²) in [5.74, 6) is -3.77. The molecule has 0 saturated carbocycles. The lowest BCUT2D eigenvalue weighted by atomic mass is 10.2. The van der Waals surface area contributed by atoms with E-state index in [1.54, 1.807) is 0 Å². The minimum atomic E-state index is -1.82. The Hall–Kier alpha value is -2.45. The van der Waals surface area contributed by atoms with Crippen molar-refractivity contribution in [3.8, 4) is 0 Å². The van der Waals surface area contributed by atoms with Crippen LogP contribution in [-0.2, 0) is 30.5 Å². The topological polar surface area (TPSA) is 122 Å². The summed E-state index contributed by atoms with van der Waals surface area (Å²) in [6.07, 6.45) is 2.69. The minimum absolute atomic E-state index is 0.0924. The smallest absolute Gasteiger partial charge is 0.414 e. The molecule has 1 aromatic rings. The Morgan fingerprint density at radius 2 is 1.76 bits per heavy atom. The number of ether oxygens (including phenoxy) is 2. The summed E-state index contributed by atoms with van der Waals surface area (Å²) in [6.45, 7) is 2.57. The number of carboxylic acids is 2. The molecule has 0 radical (unpaired) electrons. The lowest BCUT2D eigenvalue weighted by molar-refractivity contribution is -0.159. The summed E-state index contributed by atoms with van der Waals surface area (Å²) < 4.78 is 10.7. The maximum Gasteiger partial charge on any atom is 0.414 e. The van der Waals surface area contributed by atoms with Crippen LogP contribution in [0.25, 0.3) is 0 Å². The van der Waals surface area contributed by atoms with Crippen LogP contribution in [0.5, 0.6) is 0 Å². The maximum atomic E-state index is 11.6. The van der Waals surface area contributed by atoms with Gasteiger partial charge in [-0.3, -0.25) is 4.79 Å². The highest BCUT2D eigenvalue weighted by Gasteiger charge is 2.22. The summed E-state index contributed by atoms with van der Waals surface area (Å²) >= 11 is 0. The van der Waals surface area contributed by atoms with E-state index in [1.807, 2.05) is 30.3 Å². The molecule has 1 aliphatic heterocycles. The molecule has 0 aromatic heterocycles. The number of carbonyl (C=O) groups excluding carboxylic acids is 1. The molecular weight excluding hydrogens is 330 g/mol. The average molecular weight is 353 g/mol. The van der Waals surface area contributed by atoms with Crippen LogP contribution < -0.4 is 5.32 Å². The predicted molar refractivity (Wildman–Crippen MR) is 88.0 cm³/mol. The van der Waals surface area contributed by atoms with Crippen molar-refractivity contribution in [1.82, 2.24) is 5.32 Å². The van der Waals surface area contributed by atoms with Gasteiger partial charge < -0.3 is 25.0 Å². The van der Waals surface area contributed by atoms with E-state index in [4.69, 9.17) is 29.3 Å². The van der Waals surface area contributed by atoms with E-state index >= 15 is 0 Å². The maximum absolute atomic E-state index is 11.6. The summed E-state index contributed by atoms with van der Waals surface area (Å²) in [5, 5.41) is 17.9. The first kappa shape index (κ1) is 20.6. The molecule has 25 heavy (non-hydrogen) atoms. The first-order valence-electron chi connectivity index (χ1n) is 7.98. The van der Waals surface area contributed by atoms with Gasteiger partial charge in [0.25, 0.3) is 0 Å². The third-order valence-electron chi connectivity index (χ3n) is 3.32. The molecular formula is C17H23NO7. The molecule has 1 aliphatic rings. The normalized spacial score (nSPS) is 15.8. The first-order chi connectivity index (χ1) is 12.0. The molecule has 8 heteroatoms. The fourth-order valence-corrected chi connectivity index (χ4v) is 2.08. The van der Waals surface area contributed by atoms with Gasteiger partial charge in [0.2, 0.25) is 0 Å². The van der Waals surface area contributed by atoms with Gasteiger partial charge in [-0.15, -0.1) is 0 Å². The predicted octanol–water partition coefficient (Wildman–Crippen LogP) is 1.04. The largest absolute Gasteiger partial charge is 0.473 e. The van der Waals surface area contributed by atoms with Gasteiger partial charge in [0.15, 0.2) is 0 Å². The second-order valence-corrected chi connectivity index (χ2v) is 5.32. The van der Waals surface area contributed by atoms with Crippen molar-refractivity contribution >= 4 is 17.9 Å². The van der Waals surface area contributed by atoms with Gasteiger partial charge in [0, 0.05) is 6.42 Å². The van der Waals surface area contributed by atoms with E-state index < -0.39 is 11.9 Å². The number of carbonyl (C=O) groups is 3. The Balaban J connectivity index is 0.000000450. The number of aliphatic carboxylic acids is 2. The van der Waals surface area contributed by atoms with Crippen molar-refractivity contribution in [3.63, 3.8) is 0 Å². The van der Waals surface area contributed by atoms with Crippen LogP contribution in [0.1, 0.15) is 24.8 Å². The van der Waals surface area contributed by atoms with Gasteiger partial charge in [-0.05, 0) is 24.9 Å². The van der Waals surface area contributed by atoms with E-state index in [2.05, 4.69) is 5.32 Å². The first-order valence-corrected chi connectivity index (χ1v) is 7.98. The summed E-state index contributed by atoms with van der Waals surface area (Å²) in [7, 11) is 0. The van der Waals surface area contributed by atoms with Crippen molar-refractivity contribution in [1.29, 1.82) is 0 Å². The monoisotopic (exact) mass is 353 g/mol. The second kappa shape index (κ2) is 12.0. The Kier molecular flexibility index (Phi) is 9.88. The molecule has 1 aromatic carbocycles. The molecule has 1 fully saturated rings. The van der Waals surface area contributed by atoms with Gasteiger partial charge >= 0.3 is 17.9 Å². The number of hydrogen-bond donors (Lipinski definition) is 3. The van der Waals surface area contributed by atoms with E-state index in [0.29, 0.717) is 19.8 Å². The molecule has 0 spiro atoms. The SMILES string of the molecule is O=C(O)C(=O)O.O=C(OCCCOCc1ccccc1)[C@@H]1CCCN1. The Labute approximate surface area is 145 Å². The van der Waals surface area contributed by atoms with Crippen molar-refractivity contribution in [2.75, 3.05) is 19.8 Å². The molecule has 138 valence electrons. The van der Waals surface area contributed by atoms with E-state index in [9.17, 15) is 4.79 Å². The summed E-state index contributed by atoms with van der Waals surface area (Å²) in [6, 6.07) is 9.95. The molecule has 0 amide bonds. The lowest BCUT2D eigenvalue weighted by Crippen LogP contribution is -2.32. The van der Waals surface area contributed by atoms with Gasteiger partial charge in [0.05, 0.1) is 19.8 Å². The molecule has 0 bridgehead atoms. The molecule has 2 rings (SSSR count). The number of hydrogen-bond acceptors (Lipinski definition) is 6. The molecule has 1 atom stereocenters. The van der Waals surface area contributed by atoms with E-state index in [0.717, 1.165) is 31.4 Å². The fraction of sp³-hybridized carbons (Fsp3) is 0.471. The molecule has 0 aliphatic carbocycles. The number of benzene rings is 1. The van der Waals surface area contributed by atoms with Gasteiger partial charge in [-0.1, -0.05) is 30.3 Å². The van der Waals surface area contributed by atoms with E-state index in [-0.39, 0.29) is 12.0 Å². The van der Waals surface area contributed by atoms with Gasteiger partial charge in [-0.2, -0.15) is 0 Å². The number of carboxylic acid groups (broad SMARTS) is 2. The zero-order valence-electron chi connectivity index (χ0n) is 13.8. The van der Waals surface area contributed by atoms with Crippen LogP contribution in [0.15, 0.2) is 30.3 Å². The van der Waals surface area contributed by atoms with Crippen LogP contribution in [-0.4, -0.2) is 53.9 Å². The molecule has 3 N–H and O–H groups in total.